The molecule has 1 saturated heterocycles. The first-order valence-electron chi connectivity index (χ1n) is 9.64. The van der Waals surface area contributed by atoms with Crippen LogP contribution in [-0.2, 0) is 12.7 Å². The number of anilines is 1. The standard InChI is InChI=1S/C19H24F3N5O/c1-12-16(13(2)28-25-12)10-26-7-5-15(6-8-26)27(14-3-4-14)18-9-17(19(20,21)22)23-11-24-18/h9,11,14-15H,3-8,10H2,1-2H3. The Labute approximate surface area is 161 Å². The number of rotatable bonds is 5. The Morgan fingerprint density at radius 1 is 1.11 bits per heavy atom. The summed E-state index contributed by atoms with van der Waals surface area (Å²) in [5.74, 6) is 1.24. The molecular weight excluding hydrogens is 371 g/mol. The van der Waals surface area contributed by atoms with Crippen molar-refractivity contribution in [2.45, 2.75) is 64.3 Å². The Bertz CT molecular complexity index is 806. The van der Waals surface area contributed by atoms with E-state index < -0.39 is 11.9 Å². The predicted octanol–water partition coefficient (Wildman–Crippen LogP) is 3.73. The number of hydrogen-bond donors (Lipinski definition) is 0. The van der Waals surface area contributed by atoms with E-state index in [0.717, 1.165) is 74.7 Å². The van der Waals surface area contributed by atoms with Crippen LogP contribution in [0.2, 0.25) is 0 Å². The third-order valence-corrected chi connectivity index (χ3v) is 5.66. The van der Waals surface area contributed by atoms with E-state index in [-0.39, 0.29) is 12.1 Å². The molecule has 2 aromatic rings. The number of aromatic nitrogens is 3. The zero-order valence-electron chi connectivity index (χ0n) is 16.0. The molecule has 0 N–H and O–H groups in total. The average Bonchev–Trinajstić information content (AvgIpc) is 3.45. The minimum Gasteiger partial charge on any atom is -0.361 e. The number of halogens is 3. The topological polar surface area (TPSA) is 58.3 Å². The Kier molecular flexibility index (Phi) is 5.03. The molecule has 0 bridgehead atoms. The smallest absolute Gasteiger partial charge is 0.361 e. The minimum atomic E-state index is -4.45. The molecule has 9 heteroatoms. The van der Waals surface area contributed by atoms with Gasteiger partial charge in [0.25, 0.3) is 0 Å². The van der Waals surface area contributed by atoms with E-state index in [1.54, 1.807) is 0 Å². The van der Waals surface area contributed by atoms with Crippen LogP contribution in [0.15, 0.2) is 16.9 Å². The largest absolute Gasteiger partial charge is 0.433 e. The SMILES string of the molecule is Cc1noc(C)c1CN1CCC(N(c2cc(C(F)(F)F)ncn2)C2CC2)CC1. The summed E-state index contributed by atoms with van der Waals surface area (Å²) in [4.78, 5) is 12.0. The van der Waals surface area contributed by atoms with Crippen LogP contribution in [0, 0.1) is 13.8 Å². The molecule has 4 rings (SSSR count). The van der Waals surface area contributed by atoms with Gasteiger partial charge in [0.2, 0.25) is 0 Å². The lowest BCUT2D eigenvalue weighted by molar-refractivity contribution is -0.141. The first-order valence-corrected chi connectivity index (χ1v) is 9.64. The second-order valence-corrected chi connectivity index (χ2v) is 7.71. The fourth-order valence-corrected chi connectivity index (χ4v) is 3.98. The molecule has 0 atom stereocenters. The zero-order valence-corrected chi connectivity index (χ0v) is 16.0. The van der Waals surface area contributed by atoms with Crippen molar-refractivity contribution in [2.75, 3.05) is 18.0 Å². The highest BCUT2D eigenvalue weighted by Crippen LogP contribution is 2.37. The van der Waals surface area contributed by atoms with E-state index in [0.29, 0.717) is 5.82 Å². The molecule has 28 heavy (non-hydrogen) atoms. The molecular formula is C19H24F3N5O. The summed E-state index contributed by atoms with van der Waals surface area (Å²) in [7, 11) is 0. The Morgan fingerprint density at radius 2 is 1.79 bits per heavy atom. The summed E-state index contributed by atoms with van der Waals surface area (Å²) in [6, 6.07) is 1.58. The molecule has 1 aliphatic carbocycles. The van der Waals surface area contributed by atoms with E-state index >= 15 is 0 Å². The lowest BCUT2D eigenvalue weighted by Gasteiger charge is -2.39. The molecule has 6 nitrogen and oxygen atoms in total. The summed E-state index contributed by atoms with van der Waals surface area (Å²) in [5, 5.41) is 4.01. The fourth-order valence-electron chi connectivity index (χ4n) is 3.98. The highest BCUT2D eigenvalue weighted by Gasteiger charge is 2.39. The molecule has 1 aliphatic heterocycles. The summed E-state index contributed by atoms with van der Waals surface area (Å²) in [5.41, 5.74) is 1.17. The Balaban J connectivity index is 1.45. The summed E-state index contributed by atoms with van der Waals surface area (Å²) < 4.78 is 44.4. The molecule has 0 amide bonds. The molecule has 0 radical (unpaired) electrons. The minimum absolute atomic E-state index is 0.199. The van der Waals surface area contributed by atoms with Crippen molar-refractivity contribution in [3.63, 3.8) is 0 Å². The van der Waals surface area contributed by atoms with E-state index in [1.807, 2.05) is 13.8 Å². The van der Waals surface area contributed by atoms with Crippen molar-refractivity contribution >= 4 is 5.82 Å². The maximum Gasteiger partial charge on any atom is 0.433 e. The van der Waals surface area contributed by atoms with Crippen LogP contribution >= 0.6 is 0 Å². The maximum atomic E-state index is 13.1. The molecule has 1 saturated carbocycles. The third-order valence-electron chi connectivity index (χ3n) is 5.66. The van der Waals surface area contributed by atoms with Crippen LogP contribution in [0.3, 0.4) is 0 Å². The van der Waals surface area contributed by atoms with Crippen LogP contribution in [0.5, 0.6) is 0 Å². The number of hydrogen-bond acceptors (Lipinski definition) is 6. The highest BCUT2D eigenvalue weighted by molar-refractivity contribution is 5.44. The van der Waals surface area contributed by atoms with E-state index in [2.05, 4.69) is 24.9 Å². The molecule has 2 aromatic heterocycles. The van der Waals surface area contributed by atoms with Crippen LogP contribution in [0.4, 0.5) is 19.0 Å². The lowest BCUT2D eigenvalue weighted by atomic mass is 10.0. The van der Waals surface area contributed by atoms with Crippen molar-refractivity contribution in [1.82, 2.24) is 20.0 Å². The molecule has 2 fully saturated rings. The van der Waals surface area contributed by atoms with Gasteiger partial charge in [-0.25, -0.2) is 9.97 Å². The Hall–Kier alpha value is -2.16. The van der Waals surface area contributed by atoms with Crippen molar-refractivity contribution in [2.24, 2.45) is 0 Å². The van der Waals surface area contributed by atoms with E-state index in [9.17, 15) is 13.2 Å². The molecule has 0 aromatic carbocycles. The van der Waals surface area contributed by atoms with Gasteiger partial charge in [-0.2, -0.15) is 13.2 Å². The van der Waals surface area contributed by atoms with Gasteiger partial charge in [-0.3, -0.25) is 4.90 Å². The van der Waals surface area contributed by atoms with Crippen molar-refractivity contribution in [3.05, 3.63) is 35.1 Å². The lowest BCUT2D eigenvalue weighted by Crippen LogP contribution is -2.46. The van der Waals surface area contributed by atoms with Gasteiger partial charge < -0.3 is 9.42 Å². The van der Waals surface area contributed by atoms with Crippen LogP contribution in [0.25, 0.3) is 0 Å². The van der Waals surface area contributed by atoms with Gasteiger partial charge in [-0.15, -0.1) is 0 Å². The number of alkyl halides is 3. The predicted molar refractivity (Wildman–Crippen MR) is 96.8 cm³/mol. The fraction of sp³-hybridized carbons (Fsp3) is 0.632. The summed E-state index contributed by atoms with van der Waals surface area (Å²) in [6.45, 7) is 6.43. The first kappa shape index (κ1) is 19.2. The molecule has 152 valence electrons. The van der Waals surface area contributed by atoms with Gasteiger partial charge in [-0.1, -0.05) is 5.16 Å². The Morgan fingerprint density at radius 3 is 2.36 bits per heavy atom. The van der Waals surface area contributed by atoms with Gasteiger partial charge in [0.1, 0.15) is 23.6 Å². The molecule has 0 spiro atoms. The van der Waals surface area contributed by atoms with Crippen LogP contribution in [-0.4, -0.2) is 45.2 Å². The first-order chi connectivity index (χ1) is 13.3. The second kappa shape index (κ2) is 7.35. The van der Waals surface area contributed by atoms with Crippen molar-refractivity contribution in [3.8, 4) is 0 Å². The maximum absolute atomic E-state index is 13.1. The number of nitrogens with zero attached hydrogens (tertiary/aromatic N) is 5. The normalized spacial score (nSPS) is 19.2. The van der Waals surface area contributed by atoms with Crippen LogP contribution in [0.1, 0.15) is 48.4 Å². The molecule has 0 unspecified atom stereocenters. The van der Waals surface area contributed by atoms with Gasteiger partial charge in [-0.05, 0) is 39.5 Å². The molecule has 3 heterocycles. The number of likely N-dealkylation sites (tertiary alicyclic amines) is 1. The van der Waals surface area contributed by atoms with E-state index in [4.69, 9.17) is 4.52 Å². The van der Waals surface area contributed by atoms with Crippen molar-refractivity contribution < 1.29 is 17.7 Å². The number of piperidine rings is 1. The highest BCUT2D eigenvalue weighted by atomic mass is 19.4. The average molecular weight is 395 g/mol. The van der Waals surface area contributed by atoms with Gasteiger partial charge >= 0.3 is 6.18 Å². The van der Waals surface area contributed by atoms with Crippen LogP contribution < -0.4 is 4.90 Å². The molecule has 2 aliphatic rings. The van der Waals surface area contributed by atoms with Crippen molar-refractivity contribution in [1.29, 1.82) is 0 Å². The number of aryl methyl sites for hydroxylation is 2. The summed E-state index contributed by atoms with van der Waals surface area (Å²) in [6.07, 6.45) is 0.372. The third kappa shape index (κ3) is 3.99. The quantitative estimate of drug-likeness (QED) is 0.769. The van der Waals surface area contributed by atoms with Gasteiger partial charge in [0.05, 0.1) is 5.69 Å². The van der Waals surface area contributed by atoms with E-state index in [1.165, 1.54) is 0 Å². The monoisotopic (exact) mass is 395 g/mol. The van der Waals surface area contributed by atoms with Gasteiger partial charge in [0, 0.05) is 43.3 Å². The summed E-state index contributed by atoms with van der Waals surface area (Å²) >= 11 is 0. The second-order valence-electron chi connectivity index (χ2n) is 7.71. The zero-order chi connectivity index (χ0) is 19.9. The van der Waals surface area contributed by atoms with Gasteiger partial charge in [0.15, 0.2) is 0 Å².